The highest BCUT2D eigenvalue weighted by atomic mass is 35.5. The fraction of sp³-hybridized carbons (Fsp3) is 0.308. The van der Waals surface area contributed by atoms with Crippen LogP contribution < -0.4 is 5.32 Å². The number of anilines is 1. The zero-order valence-electron chi connectivity index (χ0n) is 11.3. The van der Waals surface area contributed by atoms with Crippen molar-refractivity contribution in [3.63, 3.8) is 0 Å². The molecule has 6 nitrogen and oxygen atoms in total. The third-order valence-electron chi connectivity index (χ3n) is 2.90. The minimum Gasteiger partial charge on any atom is -0.379 e. The number of rotatable bonds is 5. The van der Waals surface area contributed by atoms with E-state index in [0.717, 1.165) is 11.3 Å². The van der Waals surface area contributed by atoms with Crippen LogP contribution in [-0.4, -0.2) is 21.2 Å². The second kappa shape index (κ2) is 5.92. The van der Waals surface area contributed by atoms with Crippen LogP contribution in [0.25, 0.3) is 0 Å². The minimum atomic E-state index is -0.386. The second-order valence-electron chi connectivity index (χ2n) is 4.36. The molecule has 2 rings (SSSR count). The predicted molar refractivity (Wildman–Crippen MR) is 78.3 cm³/mol. The number of aryl methyl sites for hydroxylation is 1. The number of halogens is 1. The summed E-state index contributed by atoms with van der Waals surface area (Å²) >= 11 is 5.97. The zero-order chi connectivity index (χ0) is 14.7. The fourth-order valence-corrected chi connectivity index (χ4v) is 2.15. The fourth-order valence-electron chi connectivity index (χ4n) is 2.00. The van der Waals surface area contributed by atoms with Crippen molar-refractivity contribution in [2.24, 2.45) is 0 Å². The molecule has 7 heteroatoms. The molecule has 1 aromatic carbocycles. The van der Waals surface area contributed by atoms with Gasteiger partial charge < -0.3 is 5.32 Å². The van der Waals surface area contributed by atoms with Crippen LogP contribution in [0.4, 0.5) is 11.4 Å². The van der Waals surface area contributed by atoms with Gasteiger partial charge in [0, 0.05) is 24.4 Å². The SMILES string of the molecule is CCNc1c(Cn2cc(Cl)c(C)n2)cccc1[N+](=O)[O-]. The number of hydrogen-bond acceptors (Lipinski definition) is 4. The third-order valence-corrected chi connectivity index (χ3v) is 3.27. The van der Waals surface area contributed by atoms with Gasteiger partial charge in [-0.25, -0.2) is 0 Å². The van der Waals surface area contributed by atoms with Crippen LogP contribution in [0.5, 0.6) is 0 Å². The number of hydrogen-bond donors (Lipinski definition) is 1. The van der Waals surface area contributed by atoms with E-state index in [1.54, 1.807) is 16.9 Å². The molecule has 20 heavy (non-hydrogen) atoms. The van der Waals surface area contributed by atoms with Crippen molar-refractivity contribution >= 4 is 23.0 Å². The van der Waals surface area contributed by atoms with Crippen LogP contribution in [0.2, 0.25) is 5.02 Å². The molecule has 0 unspecified atom stereocenters. The van der Waals surface area contributed by atoms with Gasteiger partial charge in [-0.05, 0) is 13.8 Å². The Kier molecular flexibility index (Phi) is 4.24. The smallest absolute Gasteiger partial charge is 0.292 e. The summed E-state index contributed by atoms with van der Waals surface area (Å²) in [5.41, 5.74) is 2.14. The summed E-state index contributed by atoms with van der Waals surface area (Å²) in [6.07, 6.45) is 1.71. The Morgan fingerprint density at radius 1 is 1.50 bits per heavy atom. The normalized spacial score (nSPS) is 10.6. The lowest BCUT2D eigenvalue weighted by Gasteiger charge is -2.11. The molecule has 0 aliphatic carbocycles. The molecule has 0 aliphatic rings. The van der Waals surface area contributed by atoms with Crippen LogP contribution in [0.3, 0.4) is 0 Å². The van der Waals surface area contributed by atoms with Crippen LogP contribution in [0.15, 0.2) is 24.4 Å². The average molecular weight is 295 g/mol. The molecule has 0 fully saturated rings. The number of aromatic nitrogens is 2. The Labute approximate surface area is 121 Å². The molecule has 106 valence electrons. The number of nitro benzene ring substituents is 1. The van der Waals surface area contributed by atoms with E-state index in [-0.39, 0.29) is 10.6 Å². The molecule has 1 aromatic heterocycles. The van der Waals surface area contributed by atoms with E-state index in [4.69, 9.17) is 11.6 Å². The lowest BCUT2D eigenvalue weighted by molar-refractivity contribution is -0.384. The Bertz CT molecular complexity index is 620. The lowest BCUT2D eigenvalue weighted by Crippen LogP contribution is -2.08. The molecule has 0 atom stereocenters. The van der Waals surface area contributed by atoms with Crippen LogP contribution in [0, 0.1) is 17.0 Å². The molecule has 0 radical (unpaired) electrons. The van der Waals surface area contributed by atoms with Gasteiger partial charge in [-0.2, -0.15) is 5.10 Å². The maximum Gasteiger partial charge on any atom is 0.292 e. The van der Waals surface area contributed by atoms with Crippen molar-refractivity contribution in [3.8, 4) is 0 Å². The first-order chi connectivity index (χ1) is 9.52. The lowest BCUT2D eigenvalue weighted by atomic mass is 10.1. The predicted octanol–water partition coefficient (Wildman–Crippen LogP) is 3.23. The number of para-hydroxylation sites is 1. The number of benzene rings is 1. The molecule has 0 saturated carbocycles. The first-order valence-corrected chi connectivity index (χ1v) is 6.60. The van der Waals surface area contributed by atoms with E-state index in [1.165, 1.54) is 6.07 Å². The maximum absolute atomic E-state index is 11.1. The van der Waals surface area contributed by atoms with Gasteiger partial charge in [0.05, 0.1) is 22.2 Å². The highest BCUT2D eigenvalue weighted by Gasteiger charge is 2.17. The Hall–Kier alpha value is -2.08. The Balaban J connectivity index is 2.40. The van der Waals surface area contributed by atoms with Gasteiger partial charge in [0.25, 0.3) is 5.69 Å². The molecule has 0 bridgehead atoms. The zero-order valence-corrected chi connectivity index (χ0v) is 12.0. The van der Waals surface area contributed by atoms with E-state index in [0.29, 0.717) is 23.8 Å². The van der Waals surface area contributed by atoms with E-state index in [9.17, 15) is 10.1 Å². The Morgan fingerprint density at radius 3 is 2.80 bits per heavy atom. The maximum atomic E-state index is 11.1. The van der Waals surface area contributed by atoms with Crippen LogP contribution >= 0.6 is 11.6 Å². The number of nitro groups is 1. The van der Waals surface area contributed by atoms with Gasteiger partial charge in [-0.15, -0.1) is 0 Å². The van der Waals surface area contributed by atoms with Gasteiger partial charge >= 0.3 is 0 Å². The van der Waals surface area contributed by atoms with E-state index >= 15 is 0 Å². The van der Waals surface area contributed by atoms with E-state index in [2.05, 4.69) is 10.4 Å². The Morgan fingerprint density at radius 2 is 2.25 bits per heavy atom. The van der Waals surface area contributed by atoms with Crippen molar-refractivity contribution in [2.45, 2.75) is 20.4 Å². The van der Waals surface area contributed by atoms with Gasteiger partial charge in [-0.3, -0.25) is 14.8 Å². The van der Waals surface area contributed by atoms with Gasteiger partial charge in [0.2, 0.25) is 0 Å². The molecule has 0 amide bonds. The quantitative estimate of drug-likeness (QED) is 0.679. The largest absolute Gasteiger partial charge is 0.379 e. The molecule has 2 aromatic rings. The molecule has 0 spiro atoms. The minimum absolute atomic E-state index is 0.0688. The summed E-state index contributed by atoms with van der Waals surface area (Å²) in [4.78, 5) is 10.7. The van der Waals surface area contributed by atoms with Crippen molar-refractivity contribution in [2.75, 3.05) is 11.9 Å². The van der Waals surface area contributed by atoms with Crippen molar-refractivity contribution in [1.82, 2.24) is 9.78 Å². The van der Waals surface area contributed by atoms with Crippen LogP contribution in [0.1, 0.15) is 18.2 Å². The molecular weight excluding hydrogens is 280 g/mol. The summed E-state index contributed by atoms with van der Waals surface area (Å²) in [7, 11) is 0. The van der Waals surface area contributed by atoms with Crippen LogP contribution in [-0.2, 0) is 6.54 Å². The van der Waals surface area contributed by atoms with Crippen molar-refractivity contribution < 1.29 is 4.92 Å². The second-order valence-corrected chi connectivity index (χ2v) is 4.77. The summed E-state index contributed by atoms with van der Waals surface area (Å²) in [6, 6.07) is 5.00. The number of nitrogens with zero attached hydrogens (tertiary/aromatic N) is 3. The van der Waals surface area contributed by atoms with E-state index < -0.39 is 0 Å². The first-order valence-electron chi connectivity index (χ1n) is 6.22. The van der Waals surface area contributed by atoms with Gasteiger partial charge in [0.15, 0.2) is 0 Å². The highest BCUT2D eigenvalue weighted by Crippen LogP contribution is 2.29. The number of nitrogens with one attached hydrogen (secondary N) is 1. The van der Waals surface area contributed by atoms with E-state index in [1.807, 2.05) is 19.9 Å². The molecular formula is C13H15ClN4O2. The summed E-state index contributed by atoms with van der Waals surface area (Å²) < 4.78 is 1.68. The van der Waals surface area contributed by atoms with Crippen molar-refractivity contribution in [1.29, 1.82) is 0 Å². The average Bonchev–Trinajstić information content (AvgIpc) is 2.70. The summed E-state index contributed by atoms with van der Waals surface area (Å²) in [6.45, 7) is 4.75. The molecule has 0 aliphatic heterocycles. The summed E-state index contributed by atoms with van der Waals surface area (Å²) in [5.74, 6) is 0. The van der Waals surface area contributed by atoms with Gasteiger partial charge in [0.1, 0.15) is 5.69 Å². The highest BCUT2D eigenvalue weighted by molar-refractivity contribution is 6.31. The monoisotopic (exact) mass is 294 g/mol. The van der Waals surface area contributed by atoms with Gasteiger partial charge in [-0.1, -0.05) is 23.7 Å². The summed E-state index contributed by atoms with van der Waals surface area (Å²) in [5, 5.41) is 19.0. The third kappa shape index (κ3) is 2.91. The standard InChI is InChI=1S/C13H15ClN4O2/c1-3-15-13-10(5-4-6-12(13)18(19)20)7-17-8-11(14)9(2)16-17/h4-6,8,15H,3,7H2,1-2H3. The first kappa shape index (κ1) is 14.3. The molecule has 0 saturated heterocycles. The van der Waals surface area contributed by atoms with Crippen molar-refractivity contribution in [3.05, 3.63) is 50.8 Å². The molecule has 1 heterocycles. The topological polar surface area (TPSA) is 73.0 Å². The molecule has 1 N–H and O–H groups in total.